The molecule has 390 valence electrons. The Kier molecular flexibility index (Phi) is 48.1. The Bertz CT molecular complexity index is 1030. The third kappa shape index (κ3) is 51.2. The van der Waals surface area contributed by atoms with Crippen molar-refractivity contribution in [2.75, 3.05) is 40.9 Å². The van der Waals surface area contributed by atoms with Gasteiger partial charge in [-0.25, -0.2) is 4.57 Å². The van der Waals surface area contributed by atoms with Gasteiger partial charge in [-0.3, -0.25) is 13.8 Å². The van der Waals surface area contributed by atoms with Crippen LogP contribution in [0.2, 0.25) is 0 Å². The molecule has 0 aromatic heterocycles. The molecule has 0 rings (SSSR count). The van der Waals surface area contributed by atoms with Crippen molar-refractivity contribution in [3.63, 3.8) is 0 Å². The summed E-state index contributed by atoms with van der Waals surface area (Å²) in [6.07, 6.45) is 58.1. The van der Waals surface area contributed by atoms with Crippen LogP contribution in [0.3, 0.4) is 0 Å². The second-order valence-electron chi connectivity index (χ2n) is 21.4. The number of carbonyl (C=O) groups is 1. The van der Waals surface area contributed by atoms with Gasteiger partial charge in [-0.15, -0.1) is 0 Å². The fourth-order valence-corrected chi connectivity index (χ4v) is 9.79. The SMILES string of the molecule is CCCCCCCCCCCCCCCCCCCCCCCCCCCCCCCCCCCCCCCC(=O)NC(COP(=O)(O)OCC[N+](C)(C)C)C(O)CCCCCCCC. The van der Waals surface area contributed by atoms with Crippen LogP contribution >= 0.6 is 7.82 Å². The van der Waals surface area contributed by atoms with Crippen molar-refractivity contribution in [3.05, 3.63) is 0 Å². The minimum atomic E-state index is -4.30. The van der Waals surface area contributed by atoms with E-state index in [4.69, 9.17) is 9.05 Å². The zero-order chi connectivity index (χ0) is 47.8. The first-order chi connectivity index (χ1) is 31.5. The van der Waals surface area contributed by atoms with Gasteiger partial charge in [-0.1, -0.05) is 284 Å². The molecule has 0 spiro atoms. The monoisotopic (exact) mass is 944 g/mol. The van der Waals surface area contributed by atoms with E-state index in [1.165, 1.54) is 238 Å². The lowest BCUT2D eigenvalue weighted by atomic mass is 10.0. The Hall–Kier alpha value is -0.500. The van der Waals surface area contributed by atoms with Crippen molar-refractivity contribution in [1.29, 1.82) is 0 Å². The van der Waals surface area contributed by atoms with Crippen LogP contribution < -0.4 is 5.32 Å². The molecule has 0 radical (unpaired) electrons. The molecule has 3 N–H and O–H groups in total. The number of likely N-dealkylation sites (N-methyl/N-ethyl adjacent to an activating group) is 1. The van der Waals surface area contributed by atoms with Crippen LogP contribution in [-0.2, 0) is 18.4 Å². The van der Waals surface area contributed by atoms with Gasteiger partial charge in [0.05, 0.1) is 39.9 Å². The molecule has 0 aliphatic rings. The van der Waals surface area contributed by atoms with E-state index in [-0.39, 0.29) is 19.1 Å². The fraction of sp³-hybridized carbons (Fsp3) is 0.982. The number of phosphoric acid groups is 1. The molecule has 3 unspecified atom stereocenters. The number of unbranched alkanes of at least 4 members (excludes halogenated alkanes) is 41. The van der Waals surface area contributed by atoms with Gasteiger partial charge in [0, 0.05) is 6.42 Å². The molecule has 0 aromatic rings. The average molecular weight is 945 g/mol. The predicted molar refractivity (Wildman–Crippen MR) is 282 cm³/mol. The molecule has 65 heavy (non-hydrogen) atoms. The molecule has 0 aliphatic heterocycles. The highest BCUT2D eigenvalue weighted by atomic mass is 31.2. The van der Waals surface area contributed by atoms with Crippen molar-refractivity contribution >= 4 is 13.7 Å². The van der Waals surface area contributed by atoms with E-state index in [9.17, 15) is 19.4 Å². The normalized spacial score (nSPS) is 13.9. The van der Waals surface area contributed by atoms with Crippen molar-refractivity contribution < 1.29 is 32.9 Å². The number of quaternary nitrogens is 1. The first-order valence-corrected chi connectivity index (χ1v) is 30.4. The minimum Gasteiger partial charge on any atom is -0.391 e. The van der Waals surface area contributed by atoms with Gasteiger partial charge in [-0.2, -0.15) is 0 Å². The summed E-state index contributed by atoms with van der Waals surface area (Å²) in [6.45, 7) is 4.86. The van der Waals surface area contributed by atoms with E-state index in [1.54, 1.807) is 0 Å². The maximum atomic E-state index is 12.9. The number of carbonyl (C=O) groups excluding carboxylic acids is 1. The van der Waals surface area contributed by atoms with Crippen molar-refractivity contribution in [3.8, 4) is 0 Å². The van der Waals surface area contributed by atoms with Crippen molar-refractivity contribution in [2.45, 2.75) is 315 Å². The summed E-state index contributed by atoms with van der Waals surface area (Å²) in [7, 11) is 1.63. The lowest BCUT2D eigenvalue weighted by Gasteiger charge is -2.26. The Labute approximate surface area is 406 Å². The molecular formula is C56H116N2O6P+. The number of aliphatic hydroxyl groups is 1. The van der Waals surface area contributed by atoms with E-state index < -0.39 is 20.0 Å². The van der Waals surface area contributed by atoms with Gasteiger partial charge < -0.3 is 19.8 Å². The molecule has 8 nitrogen and oxygen atoms in total. The maximum absolute atomic E-state index is 12.9. The van der Waals surface area contributed by atoms with E-state index in [0.29, 0.717) is 23.9 Å². The number of hydrogen-bond acceptors (Lipinski definition) is 5. The van der Waals surface area contributed by atoms with E-state index >= 15 is 0 Å². The standard InChI is InChI=1S/C56H115N2O6P/c1-6-8-10-12-14-15-16-17-18-19-20-21-22-23-24-25-26-27-28-29-30-31-32-33-34-35-36-37-38-39-40-41-42-43-44-46-48-50-56(60)57-54(55(59)49-47-45-13-11-9-7-2)53-64-65(61,62)63-52-51-58(3,4)5/h54-55,59H,6-53H2,1-5H3,(H-,57,60,61,62)/p+1. The van der Waals surface area contributed by atoms with Gasteiger partial charge in [0.15, 0.2) is 0 Å². The number of hydrogen-bond donors (Lipinski definition) is 3. The highest BCUT2D eigenvalue weighted by molar-refractivity contribution is 7.47. The second-order valence-corrected chi connectivity index (χ2v) is 22.8. The molecule has 0 bridgehead atoms. The van der Waals surface area contributed by atoms with Crippen LogP contribution in [0.4, 0.5) is 0 Å². The van der Waals surface area contributed by atoms with Crippen LogP contribution in [0.5, 0.6) is 0 Å². The van der Waals surface area contributed by atoms with Crippen molar-refractivity contribution in [2.24, 2.45) is 0 Å². The summed E-state index contributed by atoms with van der Waals surface area (Å²) in [4.78, 5) is 23.1. The number of nitrogens with one attached hydrogen (secondary N) is 1. The molecule has 0 aromatic carbocycles. The Balaban J connectivity index is 3.67. The van der Waals surface area contributed by atoms with Crippen LogP contribution in [0.1, 0.15) is 303 Å². The summed E-state index contributed by atoms with van der Waals surface area (Å²) >= 11 is 0. The Morgan fingerprint density at radius 3 is 1.03 bits per heavy atom. The molecular weight excluding hydrogens is 828 g/mol. The number of rotatable bonds is 54. The third-order valence-electron chi connectivity index (χ3n) is 13.6. The largest absolute Gasteiger partial charge is 0.472 e. The lowest BCUT2D eigenvalue weighted by Crippen LogP contribution is -2.46. The predicted octanol–water partition coefficient (Wildman–Crippen LogP) is 17.3. The number of nitrogens with zero attached hydrogens (tertiary/aromatic N) is 1. The van der Waals surface area contributed by atoms with Crippen LogP contribution in [0.15, 0.2) is 0 Å². The second kappa shape index (κ2) is 48.5. The van der Waals surface area contributed by atoms with Crippen LogP contribution in [-0.4, -0.2) is 73.4 Å². The third-order valence-corrected chi connectivity index (χ3v) is 14.6. The molecule has 0 heterocycles. The van der Waals surface area contributed by atoms with Crippen LogP contribution in [0, 0.1) is 0 Å². The van der Waals surface area contributed by atoms with Gasteiger partial charge in [-0.05, 0) is 12.8 Å². The fourth-order valence-electron chi connectivity index (χ4n) is 9.05. The van der Waals surface area contributed by atoms with Gasteiger partial charge in [0.2, 0.25) is 5.91 Å². The van der Waals surface area contributed by atoms with E-state index in [0.717, 1.165) is 38.5 Å². The highest BCUT2D eigenvalue weighted by Crippen LogP contribution is 2.43. The Morgan fingerprint density at radius 1 is 0.462 bits per heavy atom. The first-order valence-electron chi connectivity index (χ1n) is 28.9. The number of aliphatic hydroxyl groups excluding tert-OH is 1. The Morgan fingerprint density at radius 2 is 0.738 bits per heavy atom. The number of phosphoric ester groups is 1. The summed E-state index contributed by atoms with van der Waals surface area (Å²) in [5, 5.41) is 13.8. The van der Waals surface area contributed by atoms with Gasteiger partial charge in [0.1, 0.15) is 13.2 Å². The highest BCUT2D eigenvalue weighted by Gasteiger charge is 2.28. The maximum Gasteiger partial charge on any atom is 0.472 e. The zero-order valence-electron chi connectivity index (χ0n) is 44.5. The summed E-state index contributed by atoms with van der Waals surface area (Å²) in [6, 6.07) is -0.751. The minimum absolute atomic E-state index is 0.0778. The zero-order valence-corrected chi connectivity index (χ0v) is 45.4. The van der Waals surface area contributed by atoms with E-state index in [2.05, 4.69) is 19.2 Å². The molecule has 0 saturated carbocycles. The lowest BCUT2D eigenvalue weighted by molar-refractivity contribution is -0.870. The topological polar surface area (TPSA) is 105 Å². The van der Waals surface area contributed by atoms with Crippen LogP contribution in [0.25, 0.3) is 0 Å². The van der Waals surface area contributed by atoms with Gasteiger partial charge >= 0.3 is 7.82 Å². The summed E-state index contributed by atoms with van der Waals surface area (Å²) in [5.74, 6) is -0.143. The first kappa shape index (κ1) is 64.5. The van der Waals surface area contributed by atoms with E-state index in [1.807, 2.05) is 21.1 Å². The molecule has 0 saturated heterocycles. The molecule has 1 amide bonds. The number of amides is 1. The van der Waals surface area contributed by atoms with Crippen molar-refractivity contribution in [1.82, 2.24) is 5.32 Å². The van der Waals surface area contributed by atoms with Gasteiger partial charge in [0.25, 0.3) is 0 Å². The summed E-state index contributed by atoms with van der Waals surface area (Å²) < 4.78 is 23.5. The molecule has 0 aliphatic carbocycles. The molecule has 0 fully saturated rings. The summed E-state index contributed by atoms with van der Waals surface area (Å²) in [5.41, 5.74) is 0. The molecule has 3 atom stereocenters. The average Bonchev–Trinajstić information content (AvgIpc) is 3.26. The molecule has 9 heteroatoms. The quantitative estimate of drug-likeness (QED) is 0.0319. The smallest absolute Gasteiger partial charge is 0.391 e.